The van der Waals surface area contributed by atoms with Gasteiger partial charge in [-0.2, -0.15) is 0 Å². The number of hydrogen-bond donors (Lipinski definition) is 1. The number of aryl methyl sites for hydroxylation is 1. The van der Waals surface area contributed by atoms with Crippen molar-refractivity contribution < 1.29 is 23.8 Å². The second-order valence-corrected chi connectivity index (χ2v) is 6.86. The molecule has 0 unspecified atom stereocenters. The third-order valence-corrected chi connectivity index (χ3v) is 5.17. The van der Waals surface area contributed by atoms with E-state index in [9.17, 15) is 14.7 Å². The van der Waals surface area contributed by atoms with Gasteiger partial charge in [-0.25, -0.2) is 4.79 Å². The zero-order valence-corrected chi connectivity index (χ0v) is 15.7. The van der Waals surface area contributed by atoms with Gasteiger partial charge in [-0.15, -0.1) is 0 Å². The number of carbonyl (C=O) groups is 2. The number of para-hydroxylation sites is 1. The molecule has 2 aromatic rings. The van der Waals surface area contributed by atoms with E-state index in [1.165, 1.54) is 11.6 Å². The number of piperidine rings is 1. The number of rotatable bonds is 6. The number of methoxy groups -OCH3 is 1. The molecule has 0 saturated carbocycles. The van der Waals surface area contributed by atoms with Crippen LogP contribution in [0.4, 0.5) is 0 Å². The van der Waals surface area contributed by atoms with Gasteiger partial charge in [0.15, 0.2) is 5.76 Å². The number of carboxylic acid groups (broad SMARTS) is 1. The number of likely N-dealkylation sites (tertiary alicyclic amines) is 1. The Morgan fingerprint density at radius 3 is 2.56 bits per heavy atom. The quantitative estimate of drug-likeness (QED) is 0.838. The van der Waals surface area contributed by atoms with Crippen LogP contribution < -0.4 is 4.74 Å². The molecule has 0 aliphatic carbocycles. The van der Waals surface area contributed by atoms with E-state index in [1.54, 1.807) is 12.0 Å². The Bertz CT molecular complexity index is 818. The highest BCUT2D eigenvalue weighted by Crippen LogP contribution is 2.28. The van der Waals surface area contributed by atoms with Gasteiger partial charge in [-0.1, -0.05) is 25.1 Å². The summed E-state index contributed by atoms with van der Waals surface area (Å²) in [5.41, 5.74) is 1.27. The van der Waals surface area contributed by atoms with Crippen LogP contribution in [-0.4, -0.2) is 42.1 Å². The number of hydrogen-bond acceptors (Lipinski definition) is 4. The Balaban J connectivity index is 1.62. The maximum Gasteiger partial charge on any atom is 0.339 e. The van der Waals surface area contributed by atoms with Crippen LogP contribution in [0.3, 0.4) is 0 Å². The van der Waals surface area contributed by atoms with Gasteiger partial charge < -0.3 is 19.2 Å². The van der Waals surface area contributed by atoms with Gasteiger partial charge in [0, 0.05) is 25.6 Å². The van der Waals surface area contributed by atoms with Crippen molar-refractivity contribution in [2.45, 2.75) is 32.6 Å². The van der Waals surface area contributed by atoms with Crippen molar-refractivity contribution in [2.24, 2.45) is 5.92 Å². The van der Waals surface area contributed by atoms with E-state index in [-0.39, 0.29) is 17.2 Å². The highest BCUT2D eigenvalue weighted by atomic mass is 16.5. The molecular formula is C21H25NO5. The summed E-state index contributed by atoms with van der Waals surface area (Å²) in [5, 5.41) is 9.22. The molecule has 1 amide bonds. The lowest BCUT2D eigenvalue weighted by atomic mass is 9.89. The van der Waals surface area contributed by atoms with Crippen LogP contribution in [0.1, 0.15) is 52.0 Å². The molecule has 0 spiro atoms. The summed E-state index contributed by atoms with van der Waals surface area (Å²) in [6.07, 6.45) is 3.17. The fourth-order valence-electron chi connectivity index (χ4n) is 3.66. The molecule has 144 valence electrons. The van der Waals surface area contributed by atoms with Gasteiger partial charge in [0.1, 0.15) is 17.1 Å². The summed E-state index contributed by atoms with van der Waals surface area (Å²) in [4.78, 5) is 25.7. The largest absolute Gasteiger partial charge is 0.496 e. The molecule has 6 heteroatoms. The molecule has 1 saturated heterocycles. The van der Waals surface area contributed by atoms with Crippen molar-refractivity contribution >= 4 is 11.9 Å². The molecule has 0 atom stereocenters. The number of ether oxygens (including phenoxy) is 1. The molecule has 3 rings (SSSR count). The molecule has 1 aromatic carbocycles. The number of carbonyl (C=O) groups excluding carboxylic acids is 1. The number of nitrogens with zero attached hydrogens (tertiary/aromatic N) is 1. The number of aromatic carboxylic acids is 1. The zero-order valence-electron chi connectivity index (χ0n) is 15.7. The molecule has 1 N–H and O–H groups in total. The first kappa shape index (κ1) is 19.0. The Labute approximate surface area is 158 Å². The first-order valence-electron chi connectivity index (χ1n) is 9.30. The summed E-state index contributed by atoms with van der Waals surface area (Å²) in [5.74, 6) is 0.560. The molecule has 0 radical (unpaired) electrons. The van der Waals surface area contributed by atoms with Crippen LogP contribution in [0.2, 0.25) is 0 Å². The zero-order chi connectivity index (χ0) is 19.4. The van der Waals surface area contributed by atoms with Crippen molar-refractivity contribution in [1.82, 2.24) is 4.90 Å². The first-order valence-corrected chi connectivity index (χ1v) is 9.30. The third-order valence-electron chi connectivity index (χ3n) is 5.17. The molecule has 1 fully saturated rings. The Morgan fingerprint density at radius 1 is 1.26 bits per heavy atom. The van der Waals surface area contributed by atoms with Gasteiger partial charge >= 0.3 is 5.97 Å². The van der Waals surface area contributed by atoms with Crippen LogP contribution in [0, 0.1) is 5.92 Å². The van der Waals surface area contributed by atoms with Crippen LogP contribution >= 0.6 is 0 Å². The average molecular weight is 371 g/mol. The van der Waals surface area contributed by atoms with Crippen LogP contribution in [0.15, 0.2) is 34.7 Å². The number of amides is 1. The average Bonchev–Trinajstić information content (AvgIpc) is 3.13. The van der Waals surface area contributed by atoms with Gasteiger partial charge in [-0.3, -0.25) is 4.79 Å². The minimum absolute atomic E-state index is 0.0758. The standard InChI is InChI=1S/C21H25NO5/c1-3-17-16(21(24)25)13-19(27-17)20(23)22-10-8-14(9-11-22)12-15-6-4-5-7-18(15)26-2/h4-7,13-14H,3,8-12H2,1-2H3,(H,24,25). The van der Waals surface area contributed by atoms with E-state index in [4.69, 9.17) is 9.15 Å². The summed E-state index contributed by atoms with van der Waals surface area (Å²) in [6, 6.07) is 9.38. The summed E-state index contributed by atoms with van der Waals surface area (Å²) >= 11 is 0. The summed E-state index contributed by atoms with van der Waals surface area (Å²) in [6.45, 7) is 3.09. The Kier molecular flexibility index (Phi) is 5.84. The minimum Gasteiger partial charge on any atom is -0.496 e. The van der Waals surface area contributed by atoms with E-state index >= 15 is 0 Å². The lowest BCUT2D eigenvalue weighted by Gasteiger charge is -2.31. The van der Waals surface area contributed by atoms with Crippen molar-refractivity contribution in [3.05, 3.63) is 53.0 Å². The van der Waals surface area contributed by atoms with Crippen molar-refractivity contribution in [3.8, 4) is 5.75 Å². The summed E-state index contributed by atoms with van der Waals surface area (Å²) in [7, 11) is 1.68. The summed E-state index contributed by atoms with van der Waals surface area (Å²) < 4.78 is 10.9. The van der Waals surface area contributed by atoms with Crippen LogP contribution in [0.5, 0.6) is 5.75 Å². The van der Waals surface area contributed by atoms with E-state index in [1.807, 2.05) is 25.1 Å². The second kappa shape index (κ2) is 8.29. The molecule has 1 aliphatic heterocycles. The van der Waals surface area contributed by atoms with Gasteiger partial charge in [0.25, 0.3) is 5.91 Å². The minimum atomic E-state index is -1.06. The van der Waals surface area contributed by atoms with E-state index in [2.05, 4.69) is 6.07 Å². The maximum absolute atomic E-state index is 12.7. The smallest absolute Gasteiger partial charge is 0.339 e. The molecule has 1 aliphatic rings. The Morgan fingerprint density at radius 2 is 1.96 bits per heavy atom. The number of carboxylic acids is 1. The van der Waals surface area contributed by atoms with Crippen LogP contribution in [0.25, 0.3) is 0 Å². The van der Waals surface area contributed by atoms with E-state index in [0.717, 1.165) is 25.0 Å². The van der Waals surface area contributed by atoms with Gasteiger partial charge in [0.05, 0.1) is 7.11 Å². The SMILES string of the molecule is CCc1oc(C(=O)N2CCC(Cc3ccccc3OC)CC2)cc1C(=O)O. The van der Waals surface area contributed by atoms with Gasteiger partial charge in [0.2, 0.25) is 0 Å². The van der Waals surface area contributed by atoms with Crippen molar-refractivity contribution in [1.29, 1.82) is 0 Å². The molecule has 6 nitrogen and oxygen atoms in total. The predicted molar refractivity (Wildman–Crippen MR) is 100 cm³/mol. The fourth-order valence-corrected chi connectivity index (χ4v) is 3.66. The van der Waals surface area contributed by atoms with Gasteiger partial charge in [-0.05, 0) is 36.8 Å². The normalized spacial score (nSPS) is 15.0. The third kappa shape index (κ3) is 4.15. The highest BCUT2D eigenvalue weighted by molar-refractivity contribution is 5.96. The topological polar surface area (TPSA) is 80.0 Å². The second-order valence-electron chi connectivity index (χ2n) is 6.86. The van der Waals surface area contributed by atoms with E-state index < -0.39 is 5.97 Å². The fraction of sp³-hybridized carbons (Fsp3) is 0.429. The molecular weight excluding hydrogens is 346 g/mol. The lowest BCUT2D eigenvalue weighted by molar-refractivity contribution is 0.0654. The Hall–Kier alpha value is -2.76. The van der Waals surface area contributed by atoms with Crippen LogP contribution in [-0.2, 0) is 12.8 Å². The molecule has 0 bridgehead atoms. The van der Waals surface area contributed by atoms with Crippen molar-refractivity contribution in [3.63, 3.8) is 0 Å². The highest BCUT2D eigenvalue weighted by Gasteiger charge is 2.28. The predicted octanol–water partition coefficient (Wildman–Crippen LogP) is 3.64. The maximum atomic E-state index is 12.7. The monoisotopic (exact) mass is 371 g/mol. The molecule has 27 heavy (non-hydrogen) atoms. The van der Waals surface area contributed by atoms with Crippen molar-refractivity contribution in [2.75, 3.05) is 20.2 Å². The molecule has 2 heterocycles. The lowest BCUT2D eigenvalue weighted by Crippen LogP contribution is -2.38. The number of furan rings is 1. The molecule has 1 aromatic heterocycles. The number of benzene rings is 1. The first-order chi connectivity index (χ1) is 13.0. The van der Waals surface area contributed by atoms with E-state index in [0.29, 0.717) is 31.2 Å².